The third-order valence-corrected chi connectivity index (χ3v) is 5.67. The number of phenolic OH excluding ortho intramolecular Hbond substituents is 1. The van der Waals surface area contributed by atoms with Crippen molar-refractivity contribution in [3.8, 4) is 23.0 Å². The van der Waals surface area contributed by atoms with E-state index in [1.807, 2.05) is 30.3 Å². The van der Waals surface area contributed by atoms with Crippen molar-refractivity contribution in [2.45, 2.75) is 0 Å². The monoisotopic (exact) mass is 524 g/mol. The van der Waals surface area contributed by atoms with Gasteiger partial charge in [0, 0.05) is 5.56 Å². The van der Waals surface area contributed by atoms with Gasteiger partial charge in [-0.1, -0.05) is 18.2 Å². The molecule has 1 heterocycles. The molecule has 0 unspecified atom stereocenters. The van der Waals surface area contributed by atoms with Gasteiger partial charge in [-0.15, -0.1) is 0 Å². The van der Waals surface area contributed by atoms with Gasteiger partial charge in [0.2, 0.25) is 0 Å². The number of benzene rings is 3. The zero-order chi connectivity index (χ0) is 23.5. The minimum atomic E-state index is -0.663. The summed E-state index contributed by atoms with van der Waals surface area (Å²) in [5, 5.41) is 12.8. The van der Waals surface area contributed by atoms with Crippen molar-refractivity contribution >= 4 is 56.8 Å². The highest BCUT2D eigenvalue weighted by Gasteiger charge is 2.34. The maximum Gasteiger partial charge on any atom is 0.270 e. The van der Waals surface area contributed by atoms with Crippen molar-refractivity contribution in [3.05, 3.63) is 82.3 Å². The number of hydrogen-bond donors (Lipinski definition) is 2. The van der Waals surface area contributed by atoms with Crippen LogP contribution in [0.3, 0.4) is 0 Å². The van der Waals surface area contributed by atoms with Crippen LogP contribution in [-0.2, 0) is 9.59 Å². The van der Waals surface area contributed by atoms with Crippen molar-refractivity contribution in [1.29, 1.82) is 0 Å². The quantitative estimate of drug-likeness (QED) is 0.283. The molecule has 9 heteroatoms. The predicted octanol–water partition coefficient (Wildman–Crippen LogP) is 4.79. The fourth-order valence-electron chi connectivity index (χ4n) is 3.16. The highest BCUT2D eigenvalue weighted by molar-refractivity contribution is 9.10. The lowest BCUT2D eigenvalue weighted by Gasteiger charge is -2.29. The number of ether oxygens (including phenoxy) is 2. The van der Waals surface area contributed by atoms with E-state index in [0.29, 0.717) is 27.4 Å². The third-order valence-electron chi connectivity index (χ3n) is 4.78. The van der Waals surface area contributed by atoms with Crippen molar-refractivity contribution in [2.75, 3.05) is 12.0 Å². The van der Waals surface area contributed by atoms with E-state index in [4.69, 9.17) is 21.7 Å². The van der Waals surface area contributed by atoms with E-state index in [9.17, 15) is 14.7 Å². The number of thiocarbonyl (C=S) groups is 1. The number of methoxy groups -OCH3 is 1. The number of halogens is 1. The highest BCUT2D eigenvalue weighted by Crippen LogP contribution is 2.35. The number of carbonyl (C=O) groups is 2. The Morgan fingerprint density at radius 2 is 1.67 bits per heavy atom. The summed E-state index contributed by atoms with van der Waals surface area (Å²) in [4.78, 5) is 27.0. The summed E-state index contributed by atoms with van der Waals surface area (Å²) in [7, 11) is 1.47. The lowest BCUT2D eigenvalue weighted by Crippen LogP contribution is -2.54. The van der Waals surface area contributed by atoms with Gasteiger partial charge in [0.05, 0.1) is 17.3 Å². The van der Waals surface area contributed by atoms with E-state index in [0.717, 1.165) is 0 Å². The SMILES string of the molecule is COc1cc(Br)c(O)c(C=C2C(=O)NC(=S)N(c3ccc(Oc4ccccc4)cc3)C2=O)c1. The van der Waals surface area contributed by atoms with E-state index in [1.165, 1.54) is 24.2 Å². The molecular weight excluding hydrogens is 508 g/mol. The molecule has 1 saturated heterocycles. The Kier molecular flexibility index (Phi) is 6.43. The van der Waals surface area contributed by atoms with Gasteiger partial charge < -0.3 is 14.6 Å². The van der Waals surface area contributed by atoms with Gasteiger partial charge in [0.15, 0.2) is 5.11 Å². The minimum absolute atomic E-state index is 0.0464. The molecule has 2 amide bonds. The van der Waals surface area contributed by atoms with Crippen LogP contribution in [0.15, 0.2) is 76.8 Å². The molecule has 0 radical (unpaired) electrons. The van der Waals surface area contributed by atoms with Crippen LogP contribution in [0.2, 0.25) is 0 Å². The summed E-state index contributed by atoms with van der Waals surface area (Å²) < 4.78 is 11.3. The number of hydrogen-bond acceptors (Lipinski definition) is 6. The van der Waals surface area contributed by atoms with Crippen LogP contribution in [0.5, 0.6) is 23.0 Å². The Bertz CT molecular complexity index is 1280. The molecule has 4 rings (SSSR count). The van der Waals surface area contributed by atoms with E-state index >= 15 is 0 Å². The van der Waals surface area contributed by atoms with Crippen LogP contribution < -0.4 is 19.7 Å². The number of nitrogens with zero attached hydrogens (tertiary/aromatic N) is 1. The first kappa shape index (κ1) is 22.5. The average molecular weight is 525 g/mol. The first-order valence-electron chi connectivity index (χ1n) is 9.68. The van der Waals surface area contributed by atoms with Gasteiger partial charge in [0.1, 0.15) is 28.6 Å². The largest absolute Gasteiger partial charge is 0.506 e. The Morgan fingerprint density at radius 3 is 2.33 bits per heavy atom. The van der Waals surface area contributed by atoms with E-state index in [-0.39, 0.29) is 22.0 Å². The van der Waals surface area contributed by atoms with Crippen LogP contribution in [0, 0.1) is 0 Å². The van der Waals surface area contributed by atoms with E-state index in [2.05, 4.69) is 21.2 Å². The van der Waals surface area contributed by atoms with Crippen molar-refractivity contribution in [3.63, 3.8) is 0 Å². The standard InChI is InChI=1S/C24H17BrN2O5S/c1-31-18-11-14(21(28)20(25)13-18)12-19-22(29)26-24(33)27(23(19)30)15-7-9-17(10-8-15)32-16-5-3-2-4-6-16/h2-13,28H,1H3,(H,26,29,33). The number of phenols is 1. The number of amides is 2. The molecule has 166 valence electrons. The number of nitrogens with one attached hydrogen (secondary N) is 1. The van der Waals surface area contributed by atoms with Gasteiger partial charge in [0.25, 0.3) is 11.8 Å². The summed E-state index contributed by atoms with van der Waals surface area (Å²) in [6.07, 6.45) is 1.29. The van der Waals surface area contributed by atoms with Crippen LogP contribution >= 0.6 is 28.1 Å². The van der Waals surface area contributed by atoms with Crippen molar-refractivity contribution < 1.29 is 24.2 Å². The van der Waals surface area contributed by atoms with E-state index < -0.39 is 11.8 Å². The highest BCUT2D eigenvalue weighted by atomic mass is 79.9. The molecular formula is C24H17BrN2O5S. The predicted molar refractivity (Wildman–Crippen MR) is 132 cm³/mol. The van der Waals surface area contributed by atoms with Crippen molar-refractivity contribution in [2.24, 2.45) is 0 Å². The molecule has 0 aliphatic carbocycles. The van der Waals surface area contributed by atoms with Gasteiger partial charge in [-0.05, 0) is 82.8 Å². The summed E-state index contributed by atoms with van der Waals surface area (Å²) in [6.45, 7) is 0. The molecule has 1 aliphatic heterocycles. The van der Waals surface area contributed by atoms with Gasteiger partial charge in [-0.2, -0.15) is 0 Å². The number of rotatable bonds is 5. The molecule has 33 heavy (non-hydrogen) atoms. The van der Waals surface area contributed by atoms with Crippen LogP contribution in [0.4, 0.5) is 5.69 Å². The lowest BCUT2D eigenvalue weighted by molar-refractivity contribution is -0.122. The van der Waals surface area contributed by atoms with Crippen LogP contribution in [-0.4, -0.2) is 29.1 Å². The first-order valence-corrected chi connectivity index (χ1v) is 10.9. The molecule has 0 aromatic heterocycles. The zero-order valence-electron chi connectivity index (χ0n) is 17.2. The Hall–Kier alpha value is -3.69. The Morgan fingerprint density at radius 1 is 1.00 bits per heavy atom. The summed E-state index contributed by atoms with van der Waals surface area (Å²) in [5.41, 5.74) is 0.495. The van der Waals surface area contributed by atoms with Crippen LogP contribution in [0.1, 0.15) is 5.56 Å². The lowest BCUT2D eigenvalue weighted by atomic mass is 10.1. The third kappa shape index (κ3) is 4.74. The molecule has 0 bridgehead atoms. The Labute approximate surface area is 203 Å². The average Bonchev–Trinajstić information content (AvgIpc) is 2.80. The second-order valence-corrected chi connectivity index (χ2v) is 8.15. The molecule has 0 saturated carbocycles. The molecule has 1 aliphatic rings. The number of carbonyl (C=O) groups excluding carboxylic acids is 2. The maximum atomic E-state index is 13.2. The topological polar surface area (TPSA) is 88.1 Å². The fourth-order valence-corrected chi connectivity index (χ4v) is 3.89. The minimum Gasteiger partial charge on any atom is -0.506 e. The smallest absolute Gasteiger partial charge is 0.270 e. The second-order valence-electron chi connectivity index (χ2n) is 6.91. The maximum absolute atomic E-state index is 13.2. The second kappa shape index (κ2) is 9.43. The number of anilines is 1. The first-order chi connectivity index (χ1) is 15.9. The summed E-state index contributed by atoms with van der Waals surface area (Å²) >= 11 is 8.48. The van der Waals surface area contributed by atoms with Gasteiger partial charge >= 0.3 is 0 Å². The number of aromatic hydroxyl groups is 1. The molecule has 3 aromatic carbocycles. The molecule has 2 N–H and O–H groups in total. The molecule has 1 fully saturated rings. The summed E-state index contributed by atoms with van der Waals surface area (Å²) in [6, 6.07) is 19.1. The summed E-state index contributed by atoms with van der Waals surface area (Å²) in [5.74, 6) is 0.271. The fraction of sp³-hybridized carbons (Fsp3) is 0.0417. The molecule has 3 aromatic rings. The van der Waals surface area contributed by atoms with Gasteiger partial charge in [-0.3, -0.25) is 19.8 Å². The van der Waals surface area contributed by atoms with E-state index in [1.54, 1.807) is 30.3 Å². The van der Waals surface area contributed by atoms with Crippen LogP contribution in [0.25, 0.3) is 6.08 Å². The van der Waals surface area contributed by atoms with Crippen molar-refractivity contribution in [1.82, 2.24) is 5.32 Å². The molecule has 7 nitrogen and oxygen atoms in total. The van der Waals surface area contributed by atoms with Gasteiger partial charge in [-0.25, -0.2) is 0 Å². The zero-order valence-corrected chi connectivity index (χ0v) is 19.6. The normalized spacial score (nSPS) is 14.9. The molecule has 0 spiro atoms. The number of para-hydroxylation sites is 1. The molecule has 0 atom stereocenters. The Balaban J connectivity index is 1.64.